The van der Waals surface area contributed by atoms with Crippen molar-refractivity contribution >= 4 is 44.7 Å². The topological polar surface area (TPSA) is 120 Å². The van der Waals surface area contributed by atoms with Crippen LogP contribution in [0.15, 0.2) is 47.1 Å². The molecule has 2 N–H and O–H groups in total. The summed E-state index contributed by atoms with van der Waals surface area (Å²) in [5, 5.41) is 21.9. The lowest BCUT2D eigenvalue weighted by molar-refractivity contribution is -0.383. The summed E-state index contributed by atoms with van der Waals surface area (Å²) < 4.78 is 0.541. The highest BCUT2D eigenvalue weighted by atomic mass is 79.9. The standard InChI is InChI=1S/C23H25BrN4O5/c1-26(2)20(11-15-12-25-18-5-4-6-19(22(15)18)28(32)33)23(31)27(3)16(13-29)9-14-7-8-17(24)21(30)10-14/h4-8,10,12-13,16,20,25,30H,9,11H2,1-3H3. The summed E-state index contributed by atoms with van der Waals surface area (Å²) >= 11 is 3.22. The van der Waals surface area contributed by atoms with Crippen LogP contribution in [-0.2, 0) is 22.4 Å². The number of aromatic hydroxyl groups is 1. The molecule has 9 nitrogen and oxygen atoms in total. The molecule has 1 heterocycles. The average molecular weight is 517 g/mol. The van der Waals surface area contributed by atoms with Crippen LogP contribution < -0.4 is 0 Å². The van der Waals surface area contributed by atoms with Crippen molar-refractivity contribution in [2.24, 2.45) is 0 Å². The van der Waals surface area contributed by atoms with Gasteiger partial charge in [-0.1, -0.05) is 12.1 Å². The Morgan fingerprint density at radius 2 is 1.97 bits per heavy atom. The summed E-state index contributed by atoms with van der Waals surface area (Å²) in [6.45, 7) is 0. The number of halogens is 1. The minimum absolute atomic E-state index is 0.0251. The highest BCUT2D eigenvalue weighted by molar-refractivity contribution is 9.10. The Kier molecular flexibility index (Phi) is 7.50. The van der Waals surface area contributed by atoms with Crippen molar-refractivity contribution in [2.45, 2.75) is 24.9 Å². The molecule has 1 aromatic heterocycles. The van der Waals surface area contributed by atoms with Crippen LogP contribution in [0.25, 0.3) is 10.9 Å². The summed E-state index contributed by atoms with van der Waals surface area (Å²) in [6, 6.07) is 8.42. The summed E-state index contributed by atoms with van der Waals surface area (Å²) in [5.41, 5.74) is 1.96. The maximum atomic E-state index is 13.4. The van der Waals surface area contributed by atoms with Gasteiger partial charge >= 0.3 is 0 Å². The number of non-ortho nitro benzene ring substituents is 1. The lowest BCUT2D eigenvalue weighted by atomic mass is 10.0. The Morgan fingerprint density at radius 3 is 2.58 bits per heavy atom. The number of aldehydes is 1. The smallest absolute Gasteiger partial charge is 0.279 e. The van der Waals surface area contributed by atoms with Gasteiger partial charge < -0.3 is 19.8 Å². The average Bonchev–Trinajstić information content (AvgIpc) is 3.19. The van der Waals surface area contributed by atoms with E-state index in [-0.39, 0.29) is 30.2 Å². The number of hydrogen-bond donors (Lipinski definition) is 2. The van der Waals surface area contributed by atoms with Gasteiger partial charge in [-0.15, -0.1) is 0 Å². The van der Waals surface area contributed by atoms with Gasteiger partial charge in [0.2, 0.25) is 5.91 Å². The van der Waals surface area contributed by atoms with Crippen LogP contribution in [0.2, 0.25) is 0 Å². The monoisotopic (exact) mass is 516 g/mol. The van der Waals surface area contributed by atoms with Gasteiger partial charge in [0.05, 0.1) is 32.4 Å². The second kappa shape index (κ2) is 10.1. The molecule has 10 heteroatoms. The lowest BCUT2D eigenvalue weighted by Crippen LogP contribution is -2.50. The first kappa shape index (κ1) is 24.4. The van der Waals surface area contributed by atoms with Crippen LogP contribution in [0.3, 0.4) is 0 Å². The number of rotatable bonds is 9. The normalized spacial score (nSPS) is 13.1. The minimum atomic E-state index is -0.738. The van der Waals surface area contributed by atoms with Crippen LogP contribution in [0.5, 0.6) is 5.75 Å². The number of phenols is 1. The van der Waals surface area contributed by atoms with Crippen molar-refractivity contribution in [1.29, 1.82) is 0 Å². The predicted octanol–water partition coefficient (Wildman–Crippen LogP) is 3.29. The number of hydrogen-bond acceptors (Lipinski definition) is 6. The molecular formula is C23H25BrN4O5. The molecule has 0 spiro atoms. The minimum Gasteiger partial charge on any atom is -0.507 e. The van der Waals surface area contributed by atoms with E-state index in [1.807, 2.05) is 0 Å². The summed E-state index contributed by atoms with van der Waals surface area (Å²) in [4.78, 5) is 42.5. The molecule has 3 rings (SSSR count). The quantitative estimate of drug-likeness (QED) is 0.256. The lowest BCUT2D eigenvalue weighted by Gasteiger charge is -2.31. The zero-order valence-corrected chi connectivity index (χ0v) is 20.1. The van der Waals surface area contributed by atoms with E-state index < -0.39 is 17.0 Å². The first-order valence-electron chi connectivity index (χ1n) is 10.2. The molecule has 2 aromatic carbocycles. The summed E-state index contributed by atoms with van der Waals surface area (Å²) in [6.07, 6.45) is 2.86. The van der Waals surface area contributed by atoms with E-state index in [9.17, 15) is 24.8 Å². The molecule has 2 atom stereocenters. The van der Waals surface area contributed by atoms with Crippen molar-refractivity contribution in [3.8, 4) is 5.75 Å². The maximum Gasteiger partial charge on any atom is 0.279 e. The zero-order chi connectivity index (χ0) is 24.3. The Labute approximate surface area is 199 Å². The fraction of sp³-hybridized carbons (Fsp3) is 0.304. The van der Waals surface area contributed by atoms with Crippen molar-refractivity contribution in [1.82, 2.24) is 14.8 Å². The van der Waals surface area contributed by atoms with Gasteiger partial charge in [0, 0.05) is 19.3 Å². The molecule has 1 amide bonds. The highest BCUT2D eigenvalue weighted by Crippen LogP contribution is 2.30. The largest absolute Gasteiger partial charge is 0.507 e. The number of nitrogens with zero attached hydrogens (tertiary/aromatic N) is 3. The van der Waals surface area contributed by atoms with Crippen LogP contribution >= 0.6 is 15.9 Å². The Bertz CT molecular complexity index is 1190. The summed E-state index contributed by atoms with van der Waals surface area (Å²) in [5.74, 6) is -0.232. The Hall–Kier alpha value is -3.24. The van der Waals surface area contributed by atoms with Gasteiger partial charge in [0.25, 0.3) is 5.69 Å². The third kappa shape index (κ3) is 5.23. The van der Waals surface area contributed by atoms with E-state index in [1.165, 1.54) is 11.0 Å². The molecule has 2 unspecified atom stereocenters. The van der Waals surface area contributed by atoms with Gasteiger partial charge in [-0.25, -0.2) is 0 Å². The third-order valence-electron chi connectivity index (χ3n) is 5.74. The second-order valence-corrected chi connectivity index (χ2v) is 8.95. The number of nitrogens with one attached hydrogen (secondary N) is 1. The number of aromatic nitrogens is 1. The molecule has 0 radical (unpaired) electrons. The van der Waals surface area contributed by atoms with E-state index in [4.69, 9.17) is 0 Å². The molecule has 0 aliphatic rings. The van der Waals surface area contributed by atoms with Crippen molar-refractivity contribution in [2.75, 3.05) is 21.1 Å². The van der Waals surface area contributed by atoms with Crippen LogP contribution in [-0.4, -0.2) is 70.2 Å². The van der Waals surface area contributed by atoms with Gasteiger partial charge in [-0.05, 0) is 72.2 Å². The number of likely N-dealkylation sites (N-methyl/N-ethyl adjacent to an activating group) is 2. The molecule has 0 aliphatic carbocycles. The molecule has 3 aromatic rings. The van der Waals surface area contributed by atoms with Crippen molar-refractivity contribution in [3.63, 3.8) is 0 Å². The number of fused-ring (bicyclic) bond motifs is 1. The fourth-order valence-corrected chi connectivity index (χ4v) is 4.10. The molecule has 0 saturated heterocycles. The van der Waals surface area contributed by atoms with E-state index in [0.29, 0.717) is 32.8 Å². The highest BCUT2D eigenvalue weighted by Gasteiger charge is 2.30. The van der Waals surface area contributed by atoms with Crippen LogP contribution in [0.1, 0.15) is 11.1 Å². The van der Waals surface area contributed by atoms with Crippen LogP contribution in [0, 0.1) is 10.1 Å². The maximum absolute atomic E-state index is 13.4. The molecule has 0 fully saturated rings. The SMILES string of the molecule is CN(C)C(Cc1c[nH]c2cccc([N+](=O)[O-])c12)C(=O)N(C)C(C=O)Cc1ccc(Br)c(O)c1. The van der Waals surface area contributed by atoms with Gasteiger partial charge in [0.15, 0.2) is 0 Å². The molecule has 174 valence electrons. The number of nitro benzene ring substituents is 1. The van der Waals surface area contributed by atoms with Crippen LogP contribution in [0.4, 0.5) is 5.69 Å². The van der Waals surface area contributed by atoms with Gasteiger partial charge in [-0.2, -0.15) is 0 Å². The fourth-order valence-electron chi connectivity index (χ4n) is 3.85. The molecule has 0 bridgehead atoms. The molecular weight excluding hydrogens is 492 g/mol. The number of carbonyl (C=O) groups excluding carboxylic acids is 2. The van der Waals surface area contributed by atoms with Crippen molar-refractivity contribution < 1.29 is 19.6 Å². The molecule has 0 aliphatic heterocycles. The number of benzene rings is 2. The van der Waals surface area contributed by atoms with Gasteiger partial charge in [0.1, 0.15) is 12.0 Å². The molecule has 0 saturated carbocycles. The van der Waals surface area contributed by atoms with E-state index in [1.54, 1.807) is 62.6 Å². The number of aromatic amines is 1. The molecule has 33 heavy (non-hydrogen) atoms. The van der Waals surface area contributed by atoms with E-state index in [0.717, 1.165) is 0 Å². The van der Waals surface area contributed by atoms with Crippen molar-refractivity contribution in [3.05, 3.63) is 68.3 Å². The van der Waals surface area contributed by atoms with Gasteiger partial charge in [-0.3, -0.25) is 19.8 Å². The Balaban J connectivity index is 1.86. The summed E-state index contributed by atoms with van der Waals surface area (Å²) in [7, 11) is 5.07. The predicted molar refractivity (Wildman–Crippen MR) is 128 cm³/mol. The van der Waals surface area contributed by atoms with E-state index in [2.05, 4.69) is 20.9 Å². The second-order valence-electron chi connectivity index (χ2n) is 8.10. The number of H-pyrrole nitrogens is 1. The third-order valence-corrected chi connectivity index (χ3v) is 6.41. The first-order valence-corrected chi connectivity index (χ1v) is 11.0. The number of nitro groups is 1. The first-order chi connectivity index (χ1) is 15.6. The Morgan fingerprint density at radius 1 is 1.24 bits per heavy atom. The van der Waals surface area contributed by atoms with E-state index >= 15 is 0 Å². The number of amides is 1. The number of phenolic OH excluding ortho intramolecular Hbond substituents is 1. The number of carbonyl (C=O) groups is 2. The zero-order valence-electron chi connectivity index (χ0n) is 18.5.